The summed E-state index contributed by atoms with van der Waals surface area (Å²) in [5.41, 5.74) is 3.20. The van der Waals surface area contributed by atoms with E-state index >= 15 is 0 Å². The highest BCUT2D eigenvalue weighted by molar-refractivity contribution is 7.89. The Kier molecular flexibility index (Phi) is 6.31. The second-order valence-electron chi connectivity index (χ2n) is 7.72. The number of nitrogens with one attached hydrogen (secondary N) is 1. The lowest BCUT2D eigenvalue weighted by Crippen LogP contribution is -2.28. The highest BCUT2D eigenvalue weighted by Gasteiger charge is 2.30. The van der Waals surface area contributed by atoms with Gasteiger partial charge in [-0.3, -0.25) is 4.79 Å². The summed E-state index contributed by atoms with van der Waals surface area (Å²) in [6.07, 6.45) is 4.74. The summed E-state index contributed by atoms with van der Waals surface area (Å²) in [5, 5.41) is 2.76. The van der Waals surface area contributed by atoms with Crippen LogP contribution in [0.15, 0.2) is 41.3 Å². The molecule has 0 aromatic heterocycles. The van der Waals surface area contributed by atoms with E-state index in [1.54, 1.807) is 0 Å². The fourth-order valence-electron chi connectivity index (χ4n) is 3.96. The molecule has 9 heteroatoms. The number of carbonyl (C=O) groups excluding carboxylic acids is 2. The molecule has 7 nitrogen and oxygen atoms in total. The van der Waals surface area contributed by atoms with E-state index in [1.807, 2.05) is 18.2 Å². The molecular weight excluding hydrogens is 440 g/mol. The van der Waals surface area contributed by atoms with Crippen molar-refractivity contribution in [1.29, 1.82) is 0 Å². The van der Waals surface area contributed by atoms with Gasteiger partial charge in [0.15, 0.2) is 6.61 Å². The van der Waals surface area contributed by atoms with Crippen LogP contribution < -0.4 is 5.32 Å². The summed E-state index contributed by atoms with van der Waals surface area (Å²) < 4.78 is 32.1. The molecule has 1 N–H and O–H groups in total. The largest absolute Gasteiger partial charge is 0.452 e. The summed E-state index contributed by atoms with van der Waals surface area (Å²) >= 11 is 6.10. The van der Waals surface area contributed by atoms with Gasteiger partial charge in [-0.05, 0) is 73.6 Å². The Morgan fingerprint density at radius 2 is 1.74 bits per heavy atom. The Bertz CT molecular complexity index is 1130. The standard InChI is InChI=1S/C22H23ClN2O5S/c23-19-9-7-17(13-20(19)31(28,29)25-10-1-2-11-25)22(27)30-14-21(26)24-18-8-6-15-4-3-5-16(15)12-18/h6-9,12-13H,1-5,10-11,14H2,(H,24,26). The predicted molar refractivity (Wildman–Crippen MR) is 117 cm³/mol. The highest BCUT2D eigenvalue weighted by Crippen LogP contribution is 2.28. The molecule has 0 radical (unpaired) electrons. The van der Waals surface area contributed by atoms with Gasteiger partial charge in [0.2, 0.25) is 10.0 Å². The molecule has 4 rings (SSSR count). The molecule has 1 saturated heterocycles. The third-order valence-electron chi connectivity index (χ3n) is 5.57. The van der Waals surface area contributed by atoms with Gasteiger partial charge < -0.3 is 10.1 Å². The lowest BCUT2D eigenvalue weighted by molar-refractivity contribution is -0.119. The number of esters is 1. The molecule has 1 aliphatic heterocycles. The van der Waals surface area contributed by atoms with Crippen LogP contribution in [0.25, 0.3) is 0 Å². The number of ether oxygens (including phenoxy) is 1. The second kappa shape index (κ2) is 8.98. The zero-order chi connectivity index (χ0) is 22.0. The van der Waals surface area contributed by atoms with Crippen molar-refractivity contribution in [2.24, 2.45) is 0 Å². The van der Waals surface area contributed by atoms with Crippen molar-refractivity contribution >= 4 is 39.2 Å². The van der Waals surface area contributed by atoms with Gasteiger partial charge >= 0.3 is 5.97 Å². The molecule has 1 amide bonds. The Morgan fingerprint density at radius 3 is 2.52 bits per heavy atom. The lowest BCUT2D eigenvalue weighted by Gasteiger charge is -2.17. The fourth-order valence-corrected chi connectivity index (χ4v) is 5.97. The fraction of sp³-hybridized carbons (Fsp3) is 0.364. The number of hydrogen-bond acceptors (Lipinski definition) is 5. The minimum Gasteiger partial charge on any atom is -0.452 e. The first-order valence-corrected chi connectivity index (χ1v) is 12.0. The van der Waals surface area contributed by atoms with Gasteiger partial charge in [-0.25, -0.2) is 13.2 Å². The molecule has 0 spiro atoms. The number of hydrogen-bond donors (Lipinski definition) is 1. The number of nitrogens with zero attached hydrogens (tertiary/aromatic N) is 1. The predicted octanol–water partition coefficient (Wildman–Crippen LogP) is 3.41. The monoisotopic (exact) mass is 462 g/mol. The van der Waals surface area contributed by atoms with Crippen LogP contribution in [0.1, 0.15) is 40.7 Å². The van der Waals surface area contributed by atoms with Gasteiger partial charge in [0.1, 0.15) is 4.90 Å². The summed E-state index contributed by atoms with van der Waals surface area (Å²) in [4.78, 5) is 24.5. The van der Waals surface area contributed by atoms with Crippen molar-refractivity contribution in [2.45, 2.75) is 37.0 Å². The van der Waals surface area contributed by atoms with Gasteiger partial charge in [-0.2, -0.15) is 4.31 Å². The Hall–Kier alpha value is -2.42. The molecule has 2 aliphatic rings. The number of rotatable bonds is 6. The molecule has 0 unspecified atom stereocenters. The van der Waals surface area contributed by atoms with Gasteiger partial charge in [-0.15, -0.1) is 0 Å². The maximum absolute atomic E-state index is 12.8. The number of anilines is 1. The number of carbonyl (C=O) groups is 2. The number of sulfonamides is 1. The van der Waals surface area contributed by atoms with E-state index in [0.717, 1.165) is 32.1 Å². The number of amides is 1. The molecule has 1 heterocycles. The number of fused-ring (bicyclic) bond motifs is 1. The van der Waals surface area contributed by atoms with E-state index in [9.17, 15) is 18.0 Å². The lowest BCUT2D eigenvalue weighted by atomic mass is 10.1. The molecule has 1 fully saturated rings. The molecule has 1 aliphatic carbocycles. The molecule has 31 heavy (non-hydrogen) atoms. The van der Waals surface area contributed by atoms with Crippen LogP contribution in [0.5, 0.6) is 0 Å². The smallest absolute Gasteiger partial charge is 0.338 e. The van der Waals surface area contributed by atoms with Crippen molar-refractivity contribution in [3.8, 4) is 0 Å². The first-order chi connectivity index (χ1) is 14.8. The van der Waals surface area contributed by atoms with Crippen molar-refractivity contribution in [2.75, 3.05) is 25.0 Å². The molecule has 0 atom stereocenters. The zero-order valence-electron chi connectivity index (χ0n) is 16.9. The third-order valence-corrected chi connectivity index (χ3v) is 7.95. The Labute approximate surface area is 186 Å². The maximum atomic E-state index is 12.8. The maximum Gasteiger partial charge on any atom is 0.338 e. The highest BCUT2D eigenvalue weighted by atomic mass is 35.5. The SMILES string of the molecule is O=C(COC(=O)c1ccc(Cl)c(S(=O)(=O)N2CCCC2)c1)Nc1ccc2c(c1)CCC2. The summed E-state index contributed by atoms with van der Waals surface area (Å²) in [6, 6.07) is 9.71. The van der Waals surface area contributed by atoms with Gasteiger partial charge in [0.05, 0.1) is 10.6 Å². The van der Waals surface area contributed by atoms with Crippen LogP contribution in [-0.4, -0.2) is 44.3 Å². The third kappa shape index (κ3) is 4.76. The van der Waals surface area contributed by atoms with E-state index in [1.165, 1.54) is 33.6 Å². The van der Waals surface area contributed by atoms with Crippen molar-refractivity contribution in [1.82, 2.24) is 4.31 Å². The Balaban J connectivity index is 1.40. The van der Waals surface area contributed by atoms with Crippen molar-refractivity contribution in [3.05, 3.63) is 58.1 Å². The molecule has 2 aromatic rings. The van der Waals surface area contributed by atoms with Crippen LogP contribution in [0.3, 0.4) is 0 Å². The van der Waals surface area contributed by atoms with Crippen LogP contribution in [0.4, 0.5) is 5.69 Å². The molecule has 0 saturated carbocycles. The topological polar surface area (TPSA) is 92.8 Å². The normalized spacial score (nSPS) is 16.2. The number of aryl methyl sites for hydroxylation is 2. The van der Waals surface area contributed by atoms with Crippen LogP contribution in [0, 0.1) is 0 Å². The van der Waals surface area contributed by atoms with E-state index in [2.05, 4.69) is 5.32 Å². The van der Waals surface area contributed by atoms with E-state index in [0.29, 0.717) is 18.8 Å². The summed E-state index contributed by atoms with van der Waals surface area (Å²) in [5.74, 6) is -1.26. The van der Waals surface area contributed by atoms with E-state index in [4.69, 9.17) is 16.3 Å². The van der Waals surface area contributed by atoms with Gasteiger partial charge in [0, 0.05) is 18.8 Å². The number of benzene rings is 2. The number of halogens is 1. The minimum absolute atomic E-state index is 0.0208. The first-order valence-electron chi connectivity index (χ1n) is 10.2. The average Bonchev–Trinajstić information content (AvgIpc) is 3.44. The van der Waals surface area contributed by atoms with Gasteiger partial charge in [0.25, 0.3) is 5.91 Å². The van der Waals surface area contributed by atoms with Crippen LogP contribution in [-0.2, 0) is 32.4 Å². The molecular formula is C22H23ClN2O5S. The summed E-state index contributed by atoms with van der Waals surface area (Å²) in [6.45, 7) is 0.374. The van der Waals surface area contributed by atoms with E-state index < -0.39 is 28.5 Å². The summed E-state index contributed by atoms with van der Waals surface area (Å²) in [7, 11) is -3.79. The molecule has 2 aromatic carbocycles. The van der Waals surface area contributed by atoms with Gasteiger partial charge in [-0.1, -0.05) is 17.7 Å². The minimum atomic E-state index is -3.79. The van der Waals surface area contributed by atoms with E-state index in [-0.39, 0.29) is 15.5 Å². The van der Waals surface area contributed by atoms with Crippen molar-refractivity contribution < 1.29 is 22.7 Å². The van der Waals surface area contributed by atoms with Crippen molar-refractivity contribution in [3.63, 3.8) is 0 Å². The quantitative estimate of drug-likeness (QED) is 0.664. The Morgan fingerprint density at radius 1 is 1.00 bits per heavy atom. The first kappa shape index (κ1) is 21.8. The zero-order valence-corrected chi connectivity index (χ0v) is 18.5. The van der Waals surface area contributed by atoms with Crippen LogP contribution >= 0.6 is 11.6 Å². The molecule has 0 bridgehead atoms. The molecule has 164 valence electrons. The second-order valence-corrected chi connectivity index (χ2v) is 10.0. The average molecular weight is 463 g/mol. The van der Waals surface area contributed by atoms with Crippen LogP contribution in [0.2, 0.25) is 5.02 Å².